The van der Waals surface area contributed by atoms with E-state index < -0.39 is 12.1 Å². The van der Waals surface area contributed by atoms with Crippen molar-refractivity contribution in [2.24, 2.45) is 0 Å². The molecular formula is C31H26Cl2FN5OS. The highest BCUT2D eigenvalue weighted by atomic mass is 35.5. The molecule has 0 bridgehead atoms. The van der Waals surface area contributed by atoms with E-state index >= 15 is 0 Å². The van der Waals surface area contributed by atoms with Crippen molar-refractivity contribution in [2.45, 2.75) is 30.3 Å². The fourth-order valence-electron chi connectivity index (χ4n) is 4.23. The van der Waals surface area contributed by atoms with Crippen molar-refractivity contribution < 1.29 is 9.18 Å². The van der Waals surface area contributed by atoms with Gasteiger partial charge >= 0.3 is 6.03 Å². The van der Waals surface area contributed by atoms with Crippen LogP contribution >= 0.6 is 35.0 Å². The molecule has 6 nitrogen and oxygen atoms in total. The molecule has 1 unspecified atom stereocenters. The topological polar surface area (TPSA) is 71.8 Å². The number of benzene rings is 4. The Morgan fingerprint density at radius 3 is 2.37 bits per heavy atom. The number of hydrogen-bond donors (Lipinski definition) is 2. The molecule has 0 spiro atoms. The van der Waals surface area contributed by atoms with Crippen molar-refractivity contribution in [2.75, 3.05) is 5.32 Å². The van der Waals surface area contributed by atoms with Crippen LogP contribution in [0.4, 0.5) is 14.9 Å². The van der Waals surface area contributed by atoms with Gasteiger partial charge in [0.2, 0.25) is 0 Å². The largest absolute Gasteiger partial charge is 0.327 e. The van der Waals surface area contributed by atoms with Crippen LogP contribution < -0.4 is 10.6 Å². The zero-order chi connectivity index (χ0) is 28.8. The van der Waals surface area contributed by atoms with Gasteiger partial charge in [0.05, 0.1) is 16.8 Å². The van der Waals surface area contributed by atoms with Crippen LogP contribution in [0.5, 0.6) is 0 Å². The van der Waals surface area contributed by atoms with Crippen LogP contribution in [0.15, 0.2) is 102 Å². The standard InChI is InChI=1S/C31H26Cl2FN5OS/c1-20-7-14-25(15-8-20)39-29(37-38-31(39)41-19-22-9-12-24(34)13-10-22)28(17-21-5-3-2-4-6-21)36-30(40)35-27-16-11-23(32)18-26(27)33/h2-16,18,28H,17,19H2,1H3,(H2,35,36,40). The minimum Gasteiger partial charge on any atom is -0.327 e. The highest BCUT2D eigenvalue weighted by Crippen LogP contribution is 2.30. The zero-order valence-electron chi connectivity index (χ0n) is 22.0. The highest BCUT2D eigenvalue weighted by Gasteiger charge is 2.25. The quantitative estimate of drug-likeness (QED) is 0.165. The summed E-state index contributed by atoms with van der Waals surface area (Å²) in [5.41, 5.74) is 4.37. The number of amides is 2. The van der Waals surface area contributed by atoms with Gasteiger partial charge < -0.3 is 10.6 Å². The fourth-order valence-corrected chi connectivity index (χ4v) is 5.60. The van der Waals surface area contributed by atoms with E-state index in [0.29, 0.717) is 38.9 Å². The highest BCUT2D eigenvalue weighted by molar-refractivity contribution is 7.98. The molecule has 0 aliphatic carbocycles. The first-order valence-electron chi connectivity index (χ1n) is 12.8. The molecule has 0 saturated carbocycles. The van der Waals surface area contributed by atoms with Crippen LogP contribution in [0, 0.1) is 12.7 Å². The number of thioether (sulfide) groups is 1. The molecular weight excluding hydrogens is 580 g/mol. The van der Waals surface area contributed by atoms with E-state index in [2.05, 4.69) is 20.8 Å². The van der Waals surface area contributed by atoms with Gasteiger partial charge in [-0.25, -0.2) is 9.18 Å². The van der Waals surface area contributed by atoms with Gasteiger partial charge in [-0.3, -0.25) is 4.57 Å². The smallest absolute Gasteiger partial charge is 0.319 e. The number of nitrogens with zero attached hydrogens (tertiary/aromatic N) is 3. The minimum atomic E-state index is -0.544. The molecule has 0 fully saturated rings. The molecule has 1 atom stereocenters. The van der Waals surface area contributed by atoms with Crippen molar-refractivity contribution >= 4 is 46.7 Å². The van der Waals surface area contributed by atoms with Crippen LogP contribution in [0.1, 0.15) is 28.6 Å². The van der Waals surface area contributed by atoms with Gasteiger partial charge in [0.25, 0.3) is 0 Å². The Labute approximate surface area is 251 Å². The minimum absolute atomic E-state index is 0.281. The maximum Gasteiger partial charge on any atom is 0.319 e. The lowest BCUT2D eigenvalue weighted by atomic mass is 10.1. The molecule has 0 radical (unpaired) electrons. The molecule has 0 aliphatic rings. The van der Waals surface area contributed by atoms with Crippen molar-refractivity contribution in [3.8, 4) is 5.69 Å². The predicted molar refractivity (Wildman–Crippen MR) is 164 cm³/mol. The molecule has 4 aromatic carbocycles. The van der Waals surface area contributed by atoms with Gasteiger partial charge in [0.15, 0.2) is 11.0 Å². The Balaban J connectivity index is 1.49. The Morgan fingerprint density at radius 2 is 1.66 bits per heavy atom. The third-order valence-corrected chi connectivity index (χ3v) is 7.86. The second-order valence-electron chi connectivity index (χ2n) is 9.39. The zero-order valence-corrected chi connectivity index (χ0v) is 24.3. The van der Waals surface area contributed by atoms with Crippen LogP contribution in [0.25, 0.3) is 5.69 Å². The van der Waals surface area contributed by atoms with Crippen LogP contribution in [0.2, 0.25) is 10.0 Å². The SMILES string of the molecule is Cc1ccc(-n2c(SCc3ccc(F)cc3)nnc2C(Cc2ccccc2)NC(=O)Nc2ccc(Cl)cc2Cl)cc1. The van der Waals surface area contributed by atoms with Crippen molar-refractivity contribution in [1.82, 2.24) is 20.1 Å². The second kappa shape index (κ2) is 13.2. The first kappa shape index (κ1) is 28.7. The Bertz CT molecular complexity index is 1630. The van der Waals surface area contributed by atoms with E-state index in [1.165, 1.54) is 23.9 Å². The molecule has 5 aromatic rings. The van der Waals surface area contributed by atoms with Crippen LogP contribution in [-0.4, -0.2) is 20.8 Å². The van der Waals surface area contributed by atoms with E-state index in [-0.39, 0.29) is 5.82 Å². The molecule has 208 valence electrons. The maximum absolute atomic E-state index is 13.4. The van der Waals surface area contributed by atoms with Gasteiger partial charge in [-0.2, -0.15) is 0 Å². The van der Waals surface area contributed by atoms with Gasteiger partial charge in [-0.05, 0) is 60.5 Å². The van der Waals surface area contributed by atoms with Gasteiger partial charge in [-0.15, -0.1) is 10.2 Å². The normalized spacial score (nSPS) is 11.7. The lowest BCUT2D eigenvalue weighted by Gasteiger charge is -2.21. The summed E-state index contributed by atoms with van der Waals surface area (Å²) in [6, 6.07) is 28.1. The molecule has 2 N–H and O–H groups in total. The first-order chi connectivity index (χ1) is 19.9. The molecule has 2 amide bonds. The number of aromatic nitrogens is 3. The van der Waals surface area contributed by atoms with Gasteiger partial charge in [0, 0.05) is 22.9 Å². The van der Waals surface area contributed by atoms with Crippen LogP contribution in [0.3, 0.4) is 0 Å². The summed E-state index contributed by atoms with van der Waals surface area (Å²) in [5.74, 6) is 0.852. The van der Waals surface area contributed by atoms with E-state index in [4.69, 9.17) is 23.2 Å². The second-order valence-corrected chi connectivity index (χ2v) is 11.2. The Morgan fingerprint density at radius 1 is 0.927 bits per heavy atom. The third-order valence-electron chi connectivity index (χ3n) is 6.31. The molecule has 1 aromatic heterocycles. The average Bonchev–Trinajstić information content (AvgIpc) is 3.39. The van der Waals surface area contributed by atoms with E-state index in [1.54, 1.807) is 30.3 Å². The van der Waals surface area contributed by atoms with Crippen LogP contribution in [-0.2, 0) is 12.2 Å². The Kier molecular flexibility index (Phi) is 9.24. The summed E-state index contributed by atoms with van der Waals surface area (Å²) in [4.78, 5) is 13.3. The summed E-state index contributed by atoms with van der Waals surface area (Å²) in [7, 11) is 0. The Hall–Kier alpha value is -3.85. The van der Waals surface area contributed by atoms with E-state index in [9.17, 15) is 9.18 Å². The number of halogens is 3. The monoisotopic (exact) mass is 605 g/mol. The molecule has 5 rings (SSSR count). The van der Waals surface area contributed by atoms with Gasteiger partial charge in [-0.1, -0.05) is 95.1 Å². The molecule has 1 heterocycles. The predicted octanol–water partition coefficient (Wildman–Crippen LogP) is 8.42. The average molecular weight is 607 g/mol. The summed E-state index contributed by atoms with van der Waals surface area (Å²) in [6.07, 6.45) is 0.467. The lowest BCUT2D eigenvalue weighted by molar-refractivity contribution is 0.247. The number of carbonyl (C=O) groups is 1. The summed E-state index contributed by atoms with van der Waals surface area (Å²) < 4.78 is 15.4. The van der Waals surface area contributed by atoms with Gasteiger partial charge in [0.1, 0.15) is 5.82 Å². The number of anilines is 1. The summed E-state index contributed by atoms with van der Waals surface area (Å²) in [5, 5.41) is 16.4. The number of hydrogen-bond acceptors (Lipinski definition) is 4. The summed E-state index contributed by atoms with van der Waals surface area (Å²) in [6.45, 7) is 2.02. The molecule has 0 saturated heterocycles. The number of rotatable bonds is 9. The lowest BCUT2D eigenvalue weighted by Crippen LogP contribution is -2.35. The van der Waals surface area contributed by atoms with Crippen molar-refractivity contribution in [3.63, 3.8) is 0 Å². The maximum atomic E-state index is 13.4. The number of nitrogens with one attached hydrogen (secondary N) is 2. The van der Waals surface area contributed by atoms with Crippen molar-refractivity contribution in [1.29, 1.82) is 0 Å². The van der Waals surface area contributed by atoms with Crippen molar-refractivity contribution in [3.05, 3.63) is 135 Å². The molecule has 0 aliphatic heterocycles. The fraction of sp³-hybridized carbons (Fsp3) is 0.129. The number of aryl methyl sites for hydroxylation is 1. The number of urea groups is 1. The van der Waals surface area contributed by atoms with E-state index in [0.717, 1.165) is 22.4 Å². The first-order valence-corrected chi connectivity index (χ1v) is 14.6. The summed E-state index contributed by atoms with van der Waals surface area (Å²) >= 11 is 13.8. The molecule has 10 heteroatoms. The van der Waals surface area contributed by atoms with E-state index in [1.807, 2.05) is 66.1 Å². The number of carbonyl (C=O) groups excluding carboxylic acids is 1. The molecule has 41 heavy (non-hydrogen) atoms. The third kappa shape index (κ3) is 7.47.